The summed E-state index contributed by atoms with van der Waals surface area (Å²) in [6.45, 7) is 2.20. The predicted octanol–water partition coefficient (Wildman–Crippen LogP) is 5.40. The zero-order valence-corrected chi connectivity index (χ0v) is 15.8. The van der Waals surface area contributed by atoms with E-state index >= 15 is 0 Å². The lowest BCUT2D eigenvalue weighted by Crippen LogP contribution is -2.05. The fraction of sp³-hybridized carbons (Fsp3) is 0.158. The predicted molar refractivity (Wildman–Crippen MR) is 110 cm³/mol. The summed E-state index contributed by atoms with van der Waals surface area (Å²) in [4.78, 5) is 3.58. The van der Waals surface area contributed by atoms with Crippen molar-refractivity contribution in [1.82, 2.24) is 4.98 Å². The maximum atomic E-state index is 4.48. The Balaban J connectivity index is 1.74. The molecule has 2 aromatic carbocycles. The SMILES string of the molecule is CCc1c(C2=NN=C[SH]2Cc2ccccc2)[nH]c2ccc(Br)cc12. The molecule has 0 fully saturated rings. The number of benzene rings is 2. The van der Waals surface area contributed by atoms with Crippen molar-refractivity contribution >= 4 is 48.3 Å². The van der Waals surface area contributed by atoms with Crippen LogP contribution in [-0.2, 0) is 12.2 Å². The number of H-pyrrole nitrogens is 1. The van der Waals surface area contributed by atoms with Crippen LogP contribution in [-0.4, -0.2) is 15.6 Å². The summed E-state index contributed by atoms with van der Waals surface area (Å²) in [5, 5.41) is 11.1. The molecule has 2 heterocycles. The maximum Gasteiger partial charge on any atom is 0.128 e. The van der Waals surface area contributed by atoms with Crippen LogP contribution < -0.4 is 0 Å². The number of rotatable bonds is 4. The first kappa shape index (κ1) is 15.7. The largest absolute Gasteiger partial charge is 0.353 e. The minimum atomic E-state index is -0.512. The molecule has 4 rings (SSSR count). The highest BCUT2D eigenvalue weighted by Crippen LogP contribution is 2.39. The fourth-order valence-electron chi connectivity index (χ4n) is 3.12. The van der Waals surface area contributed by atoms with Crippen LogP contribution in [0.1, 0.15) is 23.7 Å². The van der Waals surface area contributed by atoms with Gasteiger partial charge in [-0.2, -0.15) is 16.0 Å². The molecular weight excluding hydrogens is 382 g/mol. The molecule has 1 unspecified atom stereocenters. The van der Waals surface area contributed by atoms with Crippen molar-refractivity contribution in [2.45, 2.75) is 19.1 Å². The third-order valence-electron chi connectivity index (χ3n) is 4.26. The lowest BCUT2D eigenvalue weighted by atomic mass is 10.1. The van der Waals surface area contributed by atoms with E-state index in [4.69, 9.17) is 0 Å². The normalized spacial score (nSPS) is 18.2. The first-order valence-corrected chi connectivity index (χ1v) is 10.4. The molecule has 5 heteroatoms. The Morgan fingerprint density at radius 2 is 1.96 bits per heavy atom. The zero-order chi connectivity index (χ0) is 16.5. The quantitative estimate of drug-likeness (QED) is 0.551. The smallest absolute Gasteiger partial charge is 0.128 e. The van der Waals surface area contributed by atoms with Crippen LogP contribution in [0, 0.1) is 0 Å². The first-order chi connectivity index (χ1) is 11.8. The topological polar surface area (TPSA) is 40.5 Å². The van der Waals surface area contributed by atoms with Crippen LogP contribution in [0.2, 0.25) is 0 Å². The number of thiol groups is 1. The molecule has 1 aromatic heterocycles. The lowest BCUT2D eigenvalue weighted by Gasteiger charge is -2.15. The van der Waals surface area contributed by atoms with E-state index in [0.29, 0.717) is 0 Å². The molecular formula is C19H18BrN3S. The number of fused-ring (bicyclic) bond motifs is 1. The average Bonchev–Trinajstić information content (AvgIpc) is 3.19. The van der Waals surface area contributed by atoms with E-state index < -0.39 is 10.9 Å². The highest BCUT2D eigenvalue weighted by atomic mass is 79.9. The number of aromatic nitrogens is 1. The molecule has 1 aliphatic rings. The monoisotopic (exact) mass is 399 g/mol. The standard InChI is InChI=1S/C19H18BrN3S/c1-2-15-16-10-14(20)8-9-17(16)22-18(15)19-23-21-12-24(19)11-13-6-4-3-5-7-13/h3-10,12,22,24H,2,11H2,1H3. The van der Waals surface area contributed by atoms with Gasteiger partial charge in [0.25, 0.3) is 0 Å². The van der Waals surface area contributed by atoms with Crippen LogP contribution in [0.5, 0.6) is 0 Å². The second kappa shape index (κ2) is 6.57. The molecule has 1 atom stereocenters. The van der Waals surface area contributed by atoms with Crippen LogP contribution >= 0.6 is 26.8 Å². The van der Waals surface area contributed by atoms with Crippen molar-refractivity contribution in [3.05, 3.63) is 69.8 Å². The molecule has 0 radical (unpaired) electrons. The Hall–Kier alpha value is -1.85. The summed E-state index contributed by atoms with van der Waals surface area (Å²) >= 11 is 3.58. The molecule has 0 bridgehead atoms. The second-order valence-electron chi connectivity index (χ2n) is 5.79. The van der Waals surface area contributed by atoms with Gasteiger partial charge in [-0.05, 0) is 35.7 Å². The number of aryl methyl sites for hydroxylation is 1. The van der Waals surface area contributed by atoms with Gasteiger partial charge in [0.15, 0.2) is 0 Å². The van der Waals surface area contributed by atoms with Gasteiger partial charge in [-0.1, -0.05) is 53.2 Å². The van der Waals surface area contributed by atoms with Crippen molar-refractivity contribution in [3.8, 4) is 0 Å². The van der Waals surface area contributed by atoms with E-state index in [0.717, 1.165) is 32.9 Å². The summed E-state index contributed by atoms with van der Waals surface area (Å²) < 4.78 is 1.10. The maximum absolute atomic E-state index is 4.48. The van der Waals surface area contributed by atoms with Gasteiger partial charge in [0.1, 0.15) is 5.04 Å². The Morgan fingerprint density at radius 1 is 1.12 bits per heavy atom. The summed E-state index contributed by atoms with van der Waals surface area (Å²) in [7, 11) is -0.512. The minimum Gasteiger partial charge on any atom is -0.353 e. The van der Waals surface area contributed by atoms with Gasteiger partial charge in [0.05, 0.1) is 11.2 Å². The highest BCUT2D eigenvalue weighted by Gasteiger charge is 2.22. The van der Waals surface area contributed by atoms with E-state index in [2.05, 4.69) is 86.6 Å². The molecule has 0 saturated heterocycles. The van der Waals surface area contributed by atoms with Crippen LogP contribution in [0.25, 0.3) is 10.9 Å². The van der Waals surface area contributed by atoms with Gasteiger partial charge < -0.3 is 4.98 Å². The summed E-state index contributed by atoms with van der Waals surface area (Å²) in [5.74, 6) is 0.987. The number of hydrogen-bond donors (Lipinski definition) is 2. The third-order valence-corrected chi connectivity index (χ3v) is 6.69. The van der Waals surface area contributed by atoms with Crippen molar-refractivity contribution in [1.29, 1.82) is 0 Å². The molecule has 0 amide bonds. The molecule has 122 valence electrons. The summed E-state index contributed by atoms with van der Waals surface area (Å²) in [6, 6.07) is 17.0. The van der Waals surface area contributed by atoms with Gasteiger partial charge in [-0.25, -0.2) is 0 Å². The Bertz CT molecular complexity index is 944. The lowest BCUT2D eigenvalue weighted by molar-refractivity contribution is 1.14. The van der Waals surface area contributed by atoms with Gasteiger partial charge >= 0.3 is 0 Å². The van der Waals surface area contributed by atoms with Gasteiger partial charge in [0, 0.05) is 21.1 Å². The van der Waals surface area contributed by atoms with E-state index in [1.54, 1.807) is 0 Å². The molecule has 3 aromatic rings. The highest BCUT2D eigenvalue weighted by molar-refractivity contribution is 9.10. The van der Waals surface area contributed by atoms with Crippen LogP contribution in [0.15, 0.2) is 63.2 Å². The minimum absolute atomic E-state index is 0.512. The third kappa shape index (κ3) is 2.82. The van der Waals surface area contributed by atoms with Crippen molar-refractivity contribution in [3.63, 3.8) is 0 Å². The molecule has 3 nitrogen and oxygen atoms in total. The Labute approximate surface area is 152 Å². The number of nitrogens with zero attached hydrogens (tertiary/aromatic N) is 2. The van der Waals surface area contributed by atoms with Gasteiger partial charge in [-0.3, -0.25) is 0 Å². The Morgan fingerprint density at radius 3 is 2.75 bits per heavy atom. The molecule has 0 spiro atoms. The van der Waals surface area contributed by atoms with E-state index in [1.807, 2.05) is 5.55 Å². The van der Waals surface area contributed by atoms with Crippen molar-refractivity contribution in [2.75, 3.05) is 0 Å². The summed E-state index contributed by atoms with van der Waals surface area (Å²) in [5.41, 5.74) is 7.01. The molecule has 0 aliphatic carbocycles. The Kier molecular flexibility index (Phi) is 4.29. The van der Waals surface area contributed by atoms with E-state index in [9.17, 15) is 0 Å². The molecule has 24 heavy (non-hydrogen) atoms. The molecule has 1 aliphatic heterocycles. The number of nitrogens with one attached hydrogen (secondary N) is 1. The summed E-state index contributed by atoms with van der Waals surface area (Å²) in [6.07, 6.45) is 0.972. The zero-order valence-electron chi connectivity index (χ0n) is 13.3. The van der Waals surface area contributed by atoms with Gasteiger partial charge in [-0.15, -0.1) is 5.10 Å². The van der Waals surface area contributed by atoms with E-state index in [-0.39, 0.29) is 0 Å². The fourth-order valence-corrected chi connectivity index (χ4v) is 5.25. The second-order valence-corrected chi connectivity index (χ2v) is 8.62. The number of halogens is 1. The van der Waals surface area contributed by atoms with Crippen LogP contribution in [0.3, 0.4) is 0 Å². The first-order valence-electron chi connectivity index (χ1n) is 7.98. The molecule has 0 saturated carbocycles. The van der Waals surface area contributed by atoms with Crippen molar-refractivity contribution in [2.24, 2.45) is 10.2 Å². The molecule has 1 N–H and O–H groups in total. The number of aromatic amines is 1. The van der Waals surface area contributed by atoms with Crippen molar-refractivity contribution < 1.29 is 0 Å². The van der Waals surface area contributed by atoms with Gasteiger partial charge in [0.2, 0.25) is 0 Å². The van der Waals surface area contributed by atoms with E-state index in [1.165, 1.54) is 16.5 Å². The average molecular weight is 400 g/mol. The number of hydrogen-bond acceptors (Lipinski definition) is 2. The van der Waals surface area contributed by atoms with Crippen LogP contribution in [0.4, 0.5) is 0 Å².